The normalized spacial score (nSPS) is 13.8. The molecule has 3 aromatic rings. The molecule has 1 N–H and O–H groups in total. The minimum atomic E-state index is -5.21. The summed E-state index contributed by atoms with van der Waals surface area (Å²) in [5, 5.41) is 1.43. The van der Waals surface area contributed by atoms with Gasteiger partial charge in [0.1, 0.15) is 11.8 Å². The van der Waals surface area contributed by atoms with Crippen LogP contribution in [0.4, 0.5) is 39.9 Å². The van der Waals surface area contributed by atoms with Gasteiger partial charge in [0.15, 0.2) is 6.04 Å². The van der Waals surface area contributed by atoms with Gasteiger partial charge in [0.25, 0.3) is 5.88 Å². The quantitative estimate of drug-likeness (QED) is 0.300. The zero-order chi connectivity index (χ0) is 30.7. The summed E-state index contributed by atoms with van der Waals surface area (Å²) in [4.78, 5) is 25.2. The van der Waals surface area contributed by atoms with Gasteiger partial charge in [0, 0.05) is 30.9 Å². The highest BCUT2D eigenvalue weighted by Gasteiger charge is 2.49. The molecule has 3 rings (SSSR count). The molecule has 0 aromatic carbocycles. The molecule has 0 fully saturated rings. The summed E-state index contributed by atoms with van der Waals surface area (Å²) < 4.78 is 121. The topological polar surface area (TPSA) is 93.9 Å². The Kier molecular flexibility index (Phi) is 9.48. The number of hydrogen-bond donors (Lipinski definition) is 1. The first kappa shape index (κ1) is 31.6. The maximum Gasteiger partial charge on any atom is 0.414 e. The number of rotatable bonds is 10. The molecule has 0 aliphatic heterocycles. The van der Waals surface area contributed by atoms with E-state index in [4.69, 9.17) is 9.47 Å². The average molecular weight is 598 g/mol. The van der Waals surface area contributed by atoms with Gasteiger partial charge >= 0.3 is 18.4 Å². The van der Waals surface area contributed by atoms with Gasteiger partial charge in [-0.1, -0.05) is 0 Å². The van der Waals surface area contributed by atoms with Crippen molar-refractivity contribution in [3.05, 3.63) is 36.0 Å². The molecular formula is C24H26F8N6O3. The van der Waals surface area contributed by atoms with Crippen LogP contribution in [0.25, 0.3) is 16.9 Å². The van der Waals surface area contributed by atoms with Gasteiger partial charge in [0.05, 0.1) is 37.5 Å². The number of alkyl halides is 8. The SMILES string of the molecule is CCN(C(=O)N[C@@H](CCC(F)F)C(F)(F)F)[C@@H](c1cc(-c2cn3cc(C)nc3c(OC)n2)c(OC)cn1)C(F)(F)F. The smallest absolute Gasteiger partial charge is 0.414 e. The maximum absolute atomic E-state index is 14.4. The summed E-state index contributed by atoms with van der Waals surface area (Å²) in [5.74, 6) is 0.0389. The first-order valence-electron chi connectivity index (χ1n) is 12.0. The highest BCUT2D eigenvalue weighted by Crippen LogP contribution is 2.40. The zero-order valence-corrected chi connectivity index (χ0v) is 22.1. The molecule has 0 saturated carbocycles. The van der Waals surface area contributed by atoms with Gasteiger partial charge in [-0.2, -0.15) is 26.3 Å². The highest BCUT2D eigenvalue weighted by molar-refractivity contribution is 5.76. The fourth-order valence-electron chi connectivity index (χ4n) is 4.12. The van der Waals surface area contributed by atoms with Crippen molar-refractivity contribution >= 4 is 11.7 Å². The number of aryl methyl sites for hydroxylation is 1. The molecule has 9 nitrogen and oxygen atoms in total. The fourth-order valence-corrected chi connectivity index (χ4v) is 4.12. The molecule has 41 heavy (non-hydrogen) atoms. The van der Waals surface area contributed by atoms with Crippen LogP contribution >= 0.6 is 0 Å². The van der Waals surface area contributed by atoms with E-state index in [1.54, 1.807) is 13.1 Å². The molecule has 17 heteroatoms. The van der Waals surface area contributed by atoms with E-state index in [1.807, 2.05) is 0 Å². The number of fused-ring (bicyclic) bond motifs is 1. The van der Waals surface area contributed by atoms with E-state index in [0.717, 1.165) is 19.2 Å². The van der Waals surface area contributed by atoms with Gasteiger partial charge in [-0.05, 0) is 26.3 Å². The second-order valence-electron chi connectivity index (χ2n) is 8.80. The van der Waals surface area contributed by atoms with E-state index in [9.17, 15) is 39.9 Å². The molecule has 0 radical (unpaired) electrons. The lowest BCUT2D eigenvalue weighted by Gasteiger charge is -2.34. The Morgan fingerprint density at radius 1 is 1.05 bits per heavy atom. The average Bonchev–Trinajstić information content (AvgIpc) is 3.27. The second-order valence-corrected chi connectivity index (χ2v) is 8.80. The largest absolute Gasteiger partial charge is 0.494 e. The van der Waals surface area contributed by atoms with Crippen LogP contribution in [0.15, 0.2) is 24.7 Å². The number of nitrogens with one attached hydrogen (secondary N) is 1. The number of nitrogens with zero attached hydrogens (tertiary/aromatic N) is 5. The number of amides is 2. The van der Waals surface area contributed by atoms with Crippen molar-refractivity contribution in [3.63, 3.8) is 0 Å². The van der Waals surface area contributed by atoms with Gasteiger partial charge in [0.2, 0.25) is 12.1 Å². The van der Waals surface area contributed by atoms with Crippen molar-refractivity contribution in [1.82, 2.24) is 29.6 Å². The third kappa shape index (κ3) is 7.24. The Morgan fingerprint density at radius 3 is 2.27 bits per heavy atom. The van der Waals surface area contributed by atoms with Crippen LogP contribution in [0.2, 0.25) is 0 Å². The van der Waals surface area contributed by atoms with E-state index in [2.05, 4.69) is 15.0 Å². The van der Waals surface area contributed by atoms with E-state index in [1.165, 1.54) is 30.1 Å². The summed E-state index contributed by atoms with van der Waals surface area (Å²) in [7, 11) is 2.55. The molecular weight excluding hydrogens is 572 g/mol. The maximum atomic E-state index is 14.4. The van der Waals surface area contributed by atoms with Crippen LogP contribution in [0, 0.1) is 6.92 Å². The van der Waals surface area contributed by atoms with Crippen molar-refractivity contribution in [2.75, 3.05) is 20.8 Å². The lowest BCUT2D eigenvalue weighted by Crippen LogP contribution is -2.53. The first-order chi connectivity index (χ1) is 19.1. The number of methoxy groups -OCH3 is 2. The predicted octanol–water partition coefficient (Wildman–Crippen LogP) is 5.73. The second kappa shape index (κ2) is 12.3. The van der Waals surface area contributed by atoms with Crippen molar-refractivity contribution < 1.29 is 49.4 Å². The summed E-state index contributed by atoms with van der Waals surface area (Å²) in [5.41, 5.74) is 0.237. The van der Waals surface area contributed by atoms with Crippen LogP contribution in [0.1, 0.15) is 37.2 Å². The van der Waals surface area contributed by atoms with E-state index in [-0.39, 0.29) is 27.8 Å². The summed E-state index contributed by atoms with van der Waals surface area (Å²) >= 11 is 0. The monoisotopic (exact) mass is 598 g/mol. The van der Waals surface area contributed by atoms with Crippen molar-refractivity contribution in [2.24, 2.45) is 0 Å². The van der Waals surface area contributed by atoms with Crippen LogP contribution in [-0.2, 0) is 0 Å². The van der Waals surface area contributed by atoms with Crippen molar-refractivity contribution in [2.45, 2.75) is 57.6 Å². The number of carbonyl (C=O) groups is 1. The Balaban J connectivity index is 2.09. The molecule has 0 aliphatic rings. The third-order valence-corrected chi connectivity index (χ3v) is 5.97. The molecule has 0 spiro atoms. The number of aromatic nitrogens is 4. The number of imidazole rings is 1. The van der Waals surface area contributed by atoms with Crippen LogP contribution in [0.5, 0.6) is 11.6 Å². The minimum Gasteiger partial charge on any atom is -0.494 e. The predicted molar refractivity (Wildman–Crippen MR) is 129 cm³/mol. The third-order valence-electron chi connectivity index (χ3n) is 5.97. The minimum absolute atomic E-state index is 0.000124. The number of carbonyl (C=O) groups excluding carboxylic acids is 1. The van der Waals surface area contributed by atoms with Crippen LogP contribution in [0.3, 0.4) is 0 Å². The molecule has 3 aromatic heterocycles. The molecule has 3 heterocycles. The van der Waals surface area contributed by atoms with Gasteiger partial charge in [-0.15, -0.1) is 0 Å². The first-order valence-corrected chi connectivity index (χ1v) is 12.0. The van der Waals surface area contributed by atoms with Gasteiger partial charge in [-0.3, -0.25) is 4.98 Å². The van der Waals surface area contributed by atoms with E-state index >= 15 is 0 Å². The lowest BCUT2D eigenvalue weighted by molar-refractivity contribution is -0.180. The highest BCUT2D eigenvalue weighted by atomic mass is 19.4. The molecule has 2 amide bonds. The van der Waals surface area contributed by atoms with Crippen molar-refractivity contribution in [3.8, 4) is 22.9 Å². The summed E-state index contributed by atoms with van der Waals surface area (Å²) in [6.45, 7) is 2.11. The zero-order valence-electron chi connectivity index (χ0n) is 22.1. The van der Waals surface area contributed by atoms with Crippen molar-refractivity contribution in [1.29, 1.82) is 0 Å². The van der Waals surface area contributed by atoms with Crippen LogP contribution < -0.4 is 14.8 Å². The number of ether oxygens (including phenoxy) is 2. The molecule has 0 aliphatic carbocycles. The van der Waals surface area contributed by atoms with E-state index in [0.29, 0.717) is 11.3 Å². The molecule has 0 saturated heterocycles. The molecule has 0 bridgehead atoms. The fraction of sp³-hybridized carbons (Fsp3) is 0.500. The molecule has 2 atom stereocenters. The van der Waals surface area contributed by atoms with Gasteiger partial charge < -0.3 is 24.1 Å². The number of halogens is 8. The Labute approximate surface area is 228 Å². The number of hydrogen-bond acceptors (Lipinski definition) is 6. The van der Waals surface area contributed by atoms with Gasteiger partial charge in [-0.25, -0.2) is 23.5 Å². The Bertz CT molecular complexity index is 1360. The summed E-state index contributed by atoms with van der Waals surface area (Å²) in [6.07, 6.45) is -11.9. The van der Waals surface area contributed by atoms with Crippen LogP contribution in [-0.4, -0.2) is 75.9 Å². The Morgan fingerprint density at radius 2 is 1.73 bits per heavy atom. The molecule has 226 valence electrons. The standard InChI is InChI=1S/C24H26F8N6O3/c1-5-38(22(39)36-17(23(27,28)29)6-7-18(25)26)19(24(30,31)32)14-8-13(16(40-3)9-33-14)15-11-37-10-12(2)34-20(37)21(35-15)41-4/h8-11,17-19H,5-7H2,1-4H3,(H,36,39)/t17-,19-/m0/s1. The number of urea groups is 1. The summed E-state index contributed by atoms with van der Waals surface area (Å²) in [6, 6.07) is -6.43. The lowest BCUT2D eigenvalue weighted by atomic mass is 10.1. The number of pyridine rings is 1. The van der Waals surface area contributed by atoms with E-state index < -0.39 is 62.0 Å². The Hall–Kier alpha value is -3.92. The molecule has 0 unspecified atom stereocenters.